The molecular formula is C20H23F2N3O4. The molecule has 3 unspecified atom stereocenters. The summed E-state index contributed by atoms with van der Waals surface area (Å²) in [5.74, 6) is -1.39. The zero-order chi connectivity index (χ0) is 20.1. The molecule has 3 aliphatic heterocycles. The standard InChI is InChI=1S/C20H23F2N3O4/c21-16-5-12(6-17(22)18(16)24-8-13-3-4-14(9-24)28-13)25-10-15(29-20(25)27)7-23-19(26)11-1-2-11/h5-6,11,13-15H,1-4,7-10H2,(H,23,26). The van der Waals surface area contributed by atoms with Crippen LogP contribution in [0.4, 0.5) is 25.0 Å². The maximum Gasteiger partial charge on any atom is 0.414 e. The van der Waals surface area contributed by atoms with Crippen LogP contribution in [0.3, 0.4) is 0 Å². The smallest absolute Gasteiger partial charge is 0.414 e. The molecule has 4 fully saturated rings. The summed E-state index contributed by atoms with van der Waals surface area (Å²) in [5.41, 5.74) is 0.0377. The zero-order valence-electron chi connectivity index (χ0n) is 15.9. The number of carbonyl (C=O) groups is 2. The van der Waals surface area contributed by atoms with Crippen LogP contribution < -0.4 is 15.1 Å². The summed E-state index contributed by atoms with van der Waals surface area (Å²) in [5, 5.41) is 2.76. The van der Waals surface area contributed by atoms with E-state index in [1.54, 1.807) is 4.90 Å². The second-order valence-corrected chi connectivity index (χ2v) is 8.26. The quantitative estimate of drug-likeness (QED) is 0.810. The zero-order valence-corrected chi connectivity index (χ0v) is 15.9. The van der Waals surface area contributed by atoms with Crippen molar-refractivity contribution in [1.29, 1.82) is 0 Å². The van der Waals surface area contributed by atoms with Crippen molar-refractivity contribution in [3.8, 4) is 0 Å². The third-order valence-corrected chi connectivity index (χ3v) is 6.00. The highest BCUT2D eigenvalue weighted by Crippen LogP contribution is 2.35. The second-order valence-electron chi connectivity index (χ2n) is 8.26. The van der Waals surface area contributed by atoms with Gasteiger partial charge in [0.25, 0.3) is 0 Å². The Balaban J connectivity index is 1.28. The average molecular weight is 407 g/mol. The first kappa shape index (κ1) is 18.6. The minimum atomic E-state index is -0.709. The molecule has 1 aromatic carbocycles. The lowest BCUT2D eigenvalue weighted by Crippen LogP contribution is -2.43. The number of ether oxygens (including phenoxy) is 2. The highest BCUT2D eigenvalue weighted by molar-refractivity contribution is 5.90. The molecule has 7 nitrogen and oxygen atoms in total. The lowest BCUT2D eigenvalue weighted by atomic mass is 10.2. The number of fused-ring (bicyclic) bond motifs is 2. The number of anilines is 2. The van der Waals surface area contributed by atoms with Crippen molar-refractivity contribution in [2.45, 2.75) is 44.0 Å². The number of nitrogens with zero attached hydrogens (tertiary/aromatic N) is 2. The van der Waals surface area contributed by atoms with Crippen LogP contribution in [0.15, 0.2) is 12.1 Å². The highest BCUT2D eigenvalue weighted by atomic mass is 19.1. The first-order valence-electron chi connectivity index (χ1n) is 10.1. The van der Waals surface area contributed by atoms with Gasteiger partial charge in [0, 0.05) is 31.1 Å². The van der Waals surface area contributed by atoms with E-state index in [2.05, 4.69) is 5.32 Å². The Kier molecular flexibility index (Phi) is 4.57. The van der Waals surface area contributed by atoms with Crippen LogP contribution in [0.2, 0.25) is 0 Å². The van der Waals surface area contributed by atoms with Gasteiger partial charge in [0.15, 0.2) is 11.6 Å². The van der Waals surface area contributed by atoms with Crippen molar-refractivity contribution in [2.75, 3.05) is 36.0 Å². The van der Waals surface area contributed by atoms with Crippen molar-refractivity contribution >= 4 is 23.4 Å². The maximum absolute atomic E-state index is 14.8. The first-order chi connectivity index (χ1) is 14.0. The van der Waals surface area contributed by atoms with E-state index >= 15 is 0 Å². The highest BCUT2D eigenvalue weighted by Gasteiger charge is 2.38. The van der Waals surface area contributed by atoms with E-state index in [9.17, 15) is 18.4 Å². The Morgan fingerprint density at radius 1 is 1.07 bits per heavy atom. The number of halogens is 2. The van der Waals surface area contributed by atoms with Crippen molar-refractivity contribution < 1.29 is 27.8 Å². The Morgan fingerprint density at radius 3 is 2.34 bits per heavy atom. The summed E-state index contributed by atoms with van der Waals surface area (Å²) < 4.78 is 40.7. The van der Waals surface area contributed by atoms with Gasteiger partial charge in [-0.25, -0.2) is 13.6 Å². The predicted molar refractivity (Wildman–Crippen MR) is 99.8 cm³/mol. The van der Waals surface area contributed by atoms with E-state index in [-0.39, 0.29) is 48.5 Å². The molecule has 1 saturated carbocycles. The number of rotatable bonds is 5. The molecule has 3 heterocycles. The predicted octanol–water partition coefficient (Wildman–Crippen LogP) is 2.18. The number of carbonyl (C=O) groups excluding carboxylic acids is 2. The fourth-order valence-electron chi connectivity index (χ4n) is 4.35. The SMILES string of the molecule is O=C(NCC1CN(c2cc(F)c(N3CC4CCC(C3)O4)c(F)c2)C(=O)O1)C1CC1. The number of hydrogen-bond acceptors (Lipinski definition) is 5. The molecular weight excluding hydrogens is 384 g/mol. The third-order valence-electron chi connectivity index (χ3n) is 6.00. The number of cyclic esters (lactones) is 1. The van der Waals surface area contributed by atoms with E-state index in [0.29, 0.717) is 13.1 Å². The van der Waals surface area contributed by atoms with Crippen molar-refractivity contribution in [3.63, 3.8) is 0 Å². The normalized spacial score (nSPS) is 28.6. The van der Waals surface area contributed by atoms with Gasteiger partial charge in [-0.3, -0.25) is 9.69 Å². The van der Waals surface area contributed by atoms with E-state index in [1.165, 1.54) is 17.0 Å². The van der Waals surface area contributed by atoms with E-state index in [1.807, 2.05) is 0 Å². The molecule has 0 spiro atoms. The molecule has 3 saturated heterocycles. The molecule has 156 valence electrons. The minimum Gasteiger partial charge on any atom is -0.442 e. The maximum atomic E-state index is 14.8. The molecule has 1 aromatic rings. The summed E-state index contributed by atoms with van der Waals surface area (Å²) in [7, 11) is 0. The topological polar surface area (TPSA) is 71.1 Å². The Morgan fingerprint density at radius 2 is 1.72 bits per heavy atom. The van der Waals surface area contributed by atoms with Gasteiger partial charge in [-0.1, -0.05) is 0 Å². The van der Waals surface area contributed by atoms with Gasteiger partial charge in [-0.2, -0.15) is 0 Å². The van der Waals surface area contributed by atoms with Crippen LogP contribution in [-0.2, 0) is 14.3 Å². The number of amides is 2. The molecule has 3 atom stereocenters. The summed E-state index contributed by atoms with van der Waals surface area (Å²) >= 11 is 0. The van der Waals surface area contributed by atoms with E-state index < -0.39 is 23.8 Å². The van der Waals surface area contributed by atoms with Gasteiger partial charge in [-0.05, 0) is 25.7 Å². The molecule has 0 aromatic heterocycles. The van der Waals surface area contributed by atoms with Gasteiger partial charge in [0.2, 0.25) is 5.91 Å². The number of morpholine rings is 1. The van der Waals surface area contributed by atoms with Crippen LogP contribution in [0.1, 0.15) is 25.7 Å². The van der Waals surface area contributed by atoms with Gasteiger partial charge in [0.1, 0.15) is 11.8 Å². The van der Waals surface area contributed by atoms with Crippen LogP contribution in [0.25, 0.3) is 0 Å². The fraction of sp³-hybridized carbons (Fsp3) is 0.600. The molecule has 5 rings (SSSR count). The van der Waals surface area contributed by atoms with Crippen LogP contribution in [-0.4, -0.2) is 56.5 Å². The van der Waals surface area contributed by atoms with Gasteiger partial charge in [0.05, 0.1) is 31.0 Å². The molecule has 1 aliphatic carbocycles. The number of hydrogen-bond donors (Lipinski definition) is 1. The summed E-state index contributed by atoms with van der Waals surface area (Å²) in [4.78, 5) is 26.8. The lowest BCUT2D eigenvalue weighted by Gasteiger charge is -2.34. The molecule has 0 radical (unpaired) electrons. The Bertz CT molecular complexity index is 812. The van der Waals surface area contributed by atoms with Crippen molar-refractivity contribution in [2.24, 2.45) is 5.92 Å². The van der Waals surface area contributed by atoms with Crippen LogP contribution in [0, 0.1) is 17.6 Å². The van der Waals surface area contributed by atoms with E-state index in [4.69, 9.17) is 9.47 Å². The Labute approximate surface area is 166 Å². The lowest BCUT2D eigenvalue weighted by molar-refractivity contribution is -0.122. The molecule has 2 bridgehead atoms. The molecule has 1 N–H and O–H groups in total. The summed E-state index contributed by atoms with van der Waals surface area (Å²) in [6.45, 7) is 1.23. The number of benzene rings is 1. The molecule has 29 heavy (non-hydrogen) atoms. The fourth-order valence-corrected chi connectivity index (χ4v) is 4.35. The monoisotopic (exact) mass is 407 g/mol. The van der Waals surface area contributed by atoms with Crippen molar-refractivity contribution in [1.82, 2.24) is 5.32 Å². The van der Waals surface area contributed by atoms with Crippen molar-refractivity contribution in [3.05, 3.63) is 23.8 Å². The van der Waals surface area contributed by atoms with Gasteiger partial charge >= 0.3 is 6.09 Å². The molecule has 9 heteroatoms. The molecule has 4 aliphatic rings. The largest absolute Gasteiger partial charge is 0.442 e. The first-order valence-corrected chi connectivity index (χ1v) is 10.1. The third kappa shape index (κ3) is 3.63. The van der Waals surface area contributed by atoms with E-state index in [0.717, 1.165) is 25.7 Å². The van der Waals surface area contributed by atoms with Gasteiger partial charge < -0.3 is 19.7 Å². The van der Waals surface area contributed by atoms with Crippen LogP contribution >= 0.6 is 0 Å². The van der Waals surface area contributed by atoms with Gasteiger partial charge in [-0.15, -0.1) is 0 Å². The number of nitrogens with one attached hydrogen (secondary N) is 1. The summed E-state index contributed by atoms with van der Waals surface area (Å²) in [6.07, 6.45) is 2.37. The minimum absolute atomic E-state index is 0.00685. The Hall–Kier alpha value is -2.42. The molecule has 2 amide bonds. The second kappa shape index (κ2) is 7.12. The van der Waals surface area contributed by atoms with Crippen LogP contribution in [0.5, 0.6) is 0 Å². The average Bonchev–Trinajstić information content (AvgIpc) is 3.39. The summed E-state index contributed by atoms with van der Waals surface area (Å²) in [6, 6.07) is 2.34.